The summed E-state index contributed by atoms with van der Waals surface area (Å²) >= 11 is 0. The molecule has 0 atom stereocenters. The molecule has 0 bridgehead atoms. The highest BCUT2D eigenvalue weighted by atomic mass is 16.6. The molecule has 5 heteroatoms. The van der Waals surface area contributed by atoms with Crippen molar-refractivity contribution in [1.29, 1.82) is 0 Å². The Bertz CT molecular complexity index is 1010. The molecule has 0 aliphatic heterocycles. The van der Waals surface area contributed by atoms with E-state index in [0.717, 1.165) is 5.56 Å². The van der Waals surface area contributed by atoms with Crippen molar-refractivity contribution in [2.45, 2.75) is 13.5 Å². The van der Waals surface area contributed by atoms with Crippen molar-refractivity contribution in [3.63, 3.8) is 0 Å². The van der Waals surface area contributed by atoms with Gasteiger partial charge in [-0.05, 0) is 41.8 Å². The first-order valence-electron chi connectivity index (χ1n) is 8.78. The molecule has 0 fully saturated rings. The van der Waals surface area contributed by atoms with Gasteiger partial charge < -0.3 is 4.74 Å². The van der Waals surface area contributed by atoms with E-state index >= 15 is 0 Å². The number of allylic oxidation sites excluding steroid dienone is 1. The van der Waals surface area contributed by atoms with E-state index in [0.29, 0.717) is 16.7 Å². The summed E-state index contributed by atoms with van der Waals surface area (Å²) in [5, 5.41) is 11.3. The lowest BCUT2D eigenvalue weighted by Crippen LogP contribution is -2.01. The second kappa shape index (κ2) is 8.77. The molecule has 0 heterocycles. The smallest absolute Gasteiger partial charge is 0.310 e. The molecule has 0 N–H and O–H groups in total. The maximum Gasteiger partial charge on any atom is 0.310 e. The van der Waals surface area contributed by atoms with Crippen LogP contribution in [0, 0.1) is 10.1 Å². The van der Waals surface area contributed by atoms with Crippen LogP contribution in [0.15, 0.2) is 84.4 Å². The average molecular weight is 373 g/mol. The number of hydrogen-bond acceptors (Lipinski definition) is 4. The van der Waals surface area contributed by atoms with Crippen LogP contribution >= 0.6 is 0 Å². The molecule has 0 unspecified atom stereocenters. The molecule has 0 saturated heterocycles. The third kappa shape index (κ3) is 4.71. The number of benzene rings is 3. The topological polar surface area (TPSA) is 69.4 Å². The number of nitro benzene ring substituents is 1. The Kier molecular flexibility index (Phi) is 5.97. The summed E-state index contributed by atoms with van der Waals surface area (Å²) in [5.74, 6) is 0.0771. The van der Waals surface area contributed by atoms with Crippen LogP contribution in [0.1, 0.15) is 28.4 Å². The van der Waals surface area contributed by atoms with Crippen molar-refractivity contribution in [3.8, 4) is 5.75 Å². The van der Waals surface area contributed by atoms with Crippen LogP contribution in [-0.4, -0.2) is 10.7 Å². The Morgan fingerprint density at radius 2 is 1.64 bits per heavy atom. The molecular formula is C23H19NO4. The quantitative estimate of drug-likeness (QED) is 0.239. The highest BCUT2D eigenvalue weighted by Crippen LogP contribution is 2.30. The van der Waals surface area contributed by atoms with Gasteiger partial charge in [-0.2, -0.15) is 0 Å². The normalized spacial score (nSPS) is 11.1. The fourth-order valence-electron chi connectivity index (χ4n) is 2.76. The number of nitro groups is 1. The zero-order valence-corrected chi connectivity index (χ0v) is 15.4. The van der Waals surface area contributed by atoms with Gasteiger partial charge in [0.25, 0.3) is 0 Å². The second-order valence-corrected chi connectivity index (χ2v) is 6.28. The van der Waals surface area contributed by atoms with Gasteiger partial charge in [0, 0.05) is 11.6 Å². The van der Waals surface area contributed by atoms with Crippen LogP contribution in [0.25, 0.3) is 6.08 Å². The average Bonchev–Trinajstić information content (AvgIpc) is 2.73. The fraction of sp³-hybridized carbons (Fsp3) is 0.0870. The number of rotatable bonds is 7. The van der Waals surface area contributed by atoms with Crippen molar-refractivity contribution in [2.24, 2.45) is 0 Å². The Morgan fingerprint density at radius 1 is 1.00 bits per heavy atom. The van der Waals surface area contributed by atoms with Crippen LogP contribution in [0.4, 0.5) is 5.69 Å². The van der Waals surface area contributed by atoms with Gasteiger partial charge in [-0.1, -0.05) is 60.7 Å². The fourth-order valence-corrected chi connectivity index (χ4v) is 2.76. The molecule has 0 amide bonds. The van der Waals surface area contributed by atoms with E-state index in [2.05, 4.69) is 0 Å². The van der Waals surface area contributed by atoms with Crippen LogP contribution in [-0.2, 0) is 6.61 Å². The van der Waals surface area contributed by atoms with Gasteiger partial charge in [-0.15, -0.1) is 0 Å². The Hall–Kier alpha value is -3.73. The van der Waals surface area contributed by atoms with Crippen LogP contribution in [0.3, 0.4) is 0 Å². The largest absolute Gasteiger partial charge is 0.482 e. The van der Waals surface area contributed by atoms with E-state index in [-0.39, 0.29) is 23.8 Å². The maximum absolute atomic E-state index is 12.5. The standard InChI is InChI=1S/C23H19NO4/c1-17(23(25)20-10-6-3-7-11-20)14-19-12-13-21(24(26)27)22(15-19)28-16-18-8-4-2-5-9-18/h2-15H,16H2,1H3. The van der Waals surface area contributed by atoms with Gasteiger partial charge in [0.2, 0.25) is 0 Å². The molecule has 0 aliphatic rings. The van der Waals surface area contributed by atoms with Crippen molar-refractivity contribution in [1.82, 2.24) is 0 Å². The molecule has 0 aromatic heterocycles. The predicted octanol–water partition coefficient (Wildman–Crippen LogP) is 5.46. The highest BCUT2D eigenvalue weighted by molar-refractivity contribution is 6.10. The van der Waals surface area contributed by atoms with E-state index in [1.54, 1.807) is 37.3 Å². The molecule has 0 saturated carbocycles. The first-order chi connectivity index (χ1) is 13.5. The molecular weight excluding hydrogens is 354 g/mol. The van der Waals surface area contributed by atoms with Crippen LogP contribution in [0.2, 0.25) is 0 Å². The number of ketones is 1. The minimum absolute atomic E-state index is 0.0919. The minimum Gasteiger partial charge on any atom is -0.482 e. The molecule has 3 rings (SSSR count). The third-order valence-electron chi connectivity index (χ3n) is 4.20. The summed E-state index contributed by atoms with van der Waals surface area (Å²) in [7, 11) is 0. The maximum atomic E-state index is 12.5. The number of hydrogen-bond donors (Lipinski definition) is 0. The molecule has 28 heavy (non-hydrogen) atoms. The summed E-state index contributed by atoms with van der Waals surface area (Å²) in [5.41, 5.74) is 2.59. The number of ether oxygens (including phenoxy) is 1. The van der Waals surface area contributed by atoms with E-state index in [9.17, 15) is 14.9 Å². The third-order valence-corrected chi connectivity index (χ3v) is 4.20. The summed E-state index contributed by atoms with van der Waals surface area (Å²) < 4.78 is 5.70. The van der Waals surface area contributed by atoms with Gasteiger partial charge >= 0.3 is 5.69 Å². The van der Waals surface area contributed by atoms with Gasteiger partial charge in [-0.3, -0.25) is 14.9 Å². The molecule has 3 aromatic carbocycles. The van der Waals surface area contributed by atoms with Gasteiger partial charge in [-0.25, -0.2) is 0 Å². The first kappa shape index (κ1) is 19.0. The molecule has 0 spiro atoms. The zero-order valence-electron chi connectivity index (χ0n) is 15.4. The van der Waals surface area contributed by atoms with Crippen molar-refractivity contribution in [3.05, 3.63) is 111 Å². The van der Waals surface area contributed by atoms with Gasteiger partial charge in [0.05, 0.1) is 4.92 Å². The van der Waals surface area contributed by atoms with E-state index in [1.807, 2.05) is 48.5 Å². The SMILES string of the molecule is CC(=Cc1ccc([N+](=O)[O-])c(OCc2ccccc2)c1)C(=O)c1ccccc1. The first-order valence-corrected chi connectivity index (χ1v) is 8.78. The lowest BCUT2D eigenvalue weighted by Gasteiger charge is -2.08. The van der Waals surface area contributed by atoms with Crippen LogP contribution in [0.5, 0.6) is 5.75 Å². The zero-order chi connectivity index (χ0) is 19.9. The minimum atomic E-state index is -0.476. The summed E-state index contributed by atoms with van der Waals surface area (Å²) in [4.78, 5) is 23.4. The Labute approximate surface area is 163 Å². The second-order valence-electron chi connectivity index (χ2n) is 6.28. The van der Waals surface area contributed by atoms with Gasteiger partial charge in [0.1, 0.15) is 6.61 Å². The number of Topliss-reactive ketones (excluding diaryl/α,β-unsaturated/α-hetero) is 1. The van der Waals surface area contributed by atoms with Crippen LogP contribution < -0.4 is 4.74 Å². The molecule has 0 radical (unpaired) electrons. The summed E-state index contributed by atoms with van der Waals surface area (Å²) in [6, 6.07) is 23.0. The number of carbonyl (C=O) groups excluding carboxylic acids is 1. The lowest BCUT2D eigenvalue weighted by molar-refractivity contribution is -0.385. The monoisotopic (exact) mass is 373 g/mol. The number of carbonyl (C=O) groups is 1. The highest BCUT2D eigenvalue weighted by Gasteiger charge is 2.16. The Balaban J connectivity index is 1.85. The van der Waals surface area contributed by atoms with E-state index in [4.69, 9.17) is 4.74 Å². The molecule has 5 nitrogen and oxygen atoms in total. The molecule has 0 aliphatic carbocycles. The van der Waals surface area contributed by atoms with Gasteiger partial charge in [0.15, 0.2) is 11.5 Å². The summed E-state index contributed by atoms with van der Waals surface area (Å²) in [6.45, 7) is 1.94. The molecule has 3 aromatic rings. The molecule has 140 valence electrons. The van der Waals surface area contributed by atoms with E-state index < -0.39 is 4.92 Å². The predicted molar refractivity (Wildman–Crippen MR) is 108 cm³/mol. The lowest BCUT2D eigenvalue weighted by atomic mass is 10.0. The van der Waals surface area contributed by atoms with Crippen molar-refractivity contribution >= 4 is 17.5 Å². The Morgan fingerprint density at radius 3 is 2.29 bits per heavy atom. The van der Waals surface area contributed by atoms with Crippen molar-refractivity contribution < 1.29 is 14.5 Å². The van der Waals surface area contributed by atoms with E-state index in [1.165, 1.54) is 6.07 Å². The summed E-state index contributed by atoms with van der Waals surface area (Å²) in [6.07, 6.45) is 1.70. The number of nitrogens with zero attached hydrogens (tertiary/aromatic N) is 1. The van der Waals surface area contributed by atoms with Crippen molar-refractivity contribution in [2.75, 3.05) is 0 Å².